The molecule has 2 unspecified atom stereocenters. The van der Waals surface area contributed by atoms with Crippen LogP contribution in [-0.2, 0) is 6.42 Å². The van der Waals surface area contributed by atoms with Crippen LogP contribution in [0.25, 0.3) is 10.9 Å². The third-order valence-electron chi connectivity index (χ3n) is 4.82. The third kappa shape index (κ3) is 2.55. The summed E-state index contributed by atoms with van der Waals surface area (Å²) in [4.78, 5) is 4.46. The van der Waals surface area contributed by atoms with E-state index in [0.717, 1.165) is 23.5 Å². The van der Waals surface area contributed by atoms with Crippen molar-refractivity contribution in [2.75, 3.05) is 0 Å². The molecule has 0 spiro atoms. The molecule has 4 rings (SSSR count). The lowest BCUT2D eigenvalue weighted by molar-refractivity contribution is 0.299. The molecular weight excluding hydrogens is 268 g/mol. The molecule has 2 nitrogen and oxygen atoms in total. The number of hydrogen-bond donors (Lipinski definition) is 1. The number of nitrogens with zero attached hydrogens (tertiary/aromatic N) is 1. The fourth-order valence-corrected chi connectivity index (χ4v) is 4.00. The molecule has 2 fully saturated rings. The van der Waals surface area contributed by atoms with Gasteiger partial charge in [0.25, 0.3) is 0 Å². The fraction of sp³-hybridized carbons (Fsp3) is 0.471. The number of benzene rings is 1. The molecule has 2 aliphatic heterocycles. The Balaban J connectivity index is 0.00000121. The molecule has 20 heavy (non-hydrogen) atoms. The van der Waals surface area contributed by atoms with E-state index in [1.165, 1.54) is 43.1 Å². The Hall–Kier alpha value is -1.12. The summed E-state index contributed by atoms with van der Waals surface area (Å²) in [6, 6.07) is 12.4. The lowest BCUT2D eigenvalue weighted by Gasteiger charge is -2.29. The summed E-state index contributed by atoms with van der Waals surface area (Å²) in [5.74, 6) is 0.851. The van der Waals surface area contributed by atoms with Gasteiger partial charge in [0.2, 0.25) is 0 Å². The second kappa shape index (κ2) is 5.71. The standard InChI is InChI=1S/C17H20N2.ClH/c1-3-13(16-4-2-8-18-17(16)5-1)9-12-10-14-6-7-15(11-12)19-14;/h1-5,8,12,14-15,19H,6-7,9-11H2;1H. The monoisotopic (exact) mass is 288 g/mol. The summed E-state index contributed by atoms with van der Waals surface area (Å²) < 4.78 is 0. The van der Waals surface area contributed by atoms with Gasteiger partial charge in [-0.15, -0.1) is 12.4 Å². The number of fused-ring (bicyclic) bond motifs is 3. The van der Waals surface area contributed by atoms with Crippen molar-refractivity contribution in [1.29, 1.82) is 0 Å². The number of aromatic nitrogens is 1. The van der Waals surface area contributed by atoms with Gasteiger partial charge in [-0.25, -0.2) is 0 Å². The molecule has 1 aromatic carbocycles. The van der Waals surface area contributed by atoms with Crippen LogP contribution in [0.1, 0.15) is 31.2 Å². The second-order valence-corrected chi connectivity index (χ2v) is 6.17. The molecule has 2 aromatic rings. The van der Waals surface area contributed by atoms with Gasteiger partial charge < -0.3 is 5.32 Å². The number of pyridine rings is 1. The molecule has 106 valence electrons. The number of halogens is 1. The van der Waals surface area contributed by atoms with Crippen molar-refractivity contribution in [1.82, 2.24) is 10.3 Å². The molecule has 3 heterocycles. The Morgan fingerprint density at radius 1 is 1.05 bits per heavy atom. The summed E-state index contributed by atoms with van der Waals surface area (Å²) in [6.07, 6.45) is 8.59. The molecule has 2 atom stereocenters. The third-order valence-corrected chi connectivity index (χ3v) is 4.82. The van der Waals surface area contributed by atoms with Gasteiger partial charge in [-0.05, 0) is 55.7 Å². The Morgan fingerprint density at radius 2 is 1.85 bits per heavy atom. The molecule has 2 bridgehead atoms. The summed E-state index contributed by atoms with van der Waals surface area (Å²) >= 11 is 0. The average Bonchev–Trinajstić information content (AvgIpc) is 2.78. The van der Waals surface area contributed by atoms with E-state index < -0.39 is 0 Å². The van der Waals surface area contributed by atoms with Crippen molar-refractivity contribution in [3.05, 3.63) is 42.1 Å². The highest BCUT2D eigenvalue weighted by Gasteiger charge is 2.33. The van der Waals surface area contributed by atoms with Crippen LogP contribution in [-0.4, -0.2) is 17.1 Å². The van der Waals surface area contributed by atoms with E-state index in [2.05, 4.69) is 40.6 Å². The van der Waals surface area contributed by atoms with Crippen molar-refractivity contribution >= 4 is 23.3 Å². The molecule has 2 aliphatic rings. The topological polar surface area (TPSA) is 24.9 Å². The maximum Gasteiger partial charge on any atom is 0.0704 e. The Kier molecular flexibility index (Phi) is 3.95. The lowest BCUT2D eigenvalue weighted by atomic mass is 9.86. The molecule has 1 N–H and O–H groups in total. The molecule has 0 radical (unpaired) electrons. The van der Waals surface area contributed by atoms with E-state index in [0.29, 0.717) is 0 Å². The van der Waals surface area contributed by atoms with Gasteiger partial charge in [0.15, 0.2) is 0 Å². The number of nitrogens with one attached hydrogen (secondary N) is 1. The van der Waals surface area contributed by atoms with Crippen LogP contribution >= 0.6 is 12.4 Å². The first-order valence-corrected chi connectivity index (χ1v) is 7.47. The van der Waals surface area contributed by atoms with Crippen molar-refractivity contribution in [3.8, 4) is 0 Å². The van der Waals surface area contributed by atoms with Crippen molar-refractivity contribution in [3.63, 3.8) is 0 Å². The molecule has 0 amide bonds. The molecule has 0 saturated carbocycles. The number of piperidine rings is 1. The van der Waals surface area contributed by atoms with Crippen molar-refractivity contribution in [2.45, 2.75) is 44.2 Å². The second-order valence-electron chi connectivity index (χ2n) is 6.17. The highest BCUT2D eigenvalue weighted by molar-refractivity contribution is 5.85. The van der Waals surface area contributed by atoms with Crippen LogP contribution < -0.4 is 5.32 Å². The summed E-state index contributed by atoms with van der Waals surface area (Å²) in [5.41, 5.74) is 2.62. The zero-order chi connectivity index (χ0) is 12.7. The quantitative estimate of drug-likeness (QED) is 0.911. The van der Waals surface area contributed by atoms with Gasteiger partial charge in [-0.3, -0.25) is 4.98 Å². The van der Waals surface area contributed by atoms with Gasteiger partial charge in [-0.2, -0.15) is 0 Å². The average molecular weight is 289 g/mol. The molecule has 2 saturated heterocycles. The fourth-order valence-electron chi connectivity index (χ4n) is 4.00. The minimum absolute atomic E-state index is 0. The Bertz CT molecular complexity index is 581. The van der Waals surface area contributed by atoms with Crippen LogP contribution in [0, 0.1) is 5.92 Å². The van der Waals surface area contributed by atoms with Crippen LogP contribution in [0.2, 0.25) is 0 Å². The zero-order valence-corrected chi connectivity index (χ0v) is 12.4. The van der Waals surface area contributed by atoms with Crippen molar-refractivity contribution < 1.29 is 0 Å². The number of hydrogen-bond acceptors (Lipinski definition) is 2. The highest BCUT2D eigenvalue weighted by Crippen LogP contribution is 2.33. The maximum absolute atomic E-state index is 4.46. The Labute approximate surface area is 126 Å². The van der Waals surface area contributed by atoms with Gasteiger partial charge >= 0.3 is 0 Å². The van der Waals surface area contributed by atoms with Gasteiger partial charge in [-0.1, -0.05) is 18.2 Å². The van der Waals surface area contributed by atoms with Crippen LogP contribution in [0.3, 0.4) is 0 Å². The first kappa shape index (κ1) is 13.8. The minimum Gasteiger partial charge on any atom is -0.311 e. The summed E-state index contributed by atoms with van der Waals surface area (Å²) in [5, 5.41) is 5.07. The minimum atomic E-state index is 0. The van der Waals surface area contributed by atoms with Crippen LogP contribution in [0.4, 0.5) is 0 Å². The zero-order valence-electron chi connectivity index (χ0n) is 11.6. The van der Waals surface area contributed by atoms with Gasteiger partial charge in [0.05, 0.1) is 5.52 Å². The van der Waals surface area contributed by atoms with Crippen LogP contribution in [0.15, 0.2) is 36.5 Å². The largest absolute Gasteiger partial charge is 0.311 e. The van der Waals surface area contributed by atoms with Crippen LogP contribution in [0.5, 0.6) is 0 Å². The lowest BCUT2D eigenvalue weighted by Crippen LogP contribution is -2.38. The predicted octanol–water partition coefficient (Wildman–Crippen LogP) is 3.73. The molecule has 0 aliphatic carbocycles. The van der Waals surface area contributed by atoms with Crippen molar-refractivity contribution in [2.24, 2.45) is 5.92 Å². The van der Waals surface area contributed by atoms with Gasteiger partial charge in [0, 0.05) is 23.7 Å². The van der Waals surface area contributed by atoms with E-state index in [1.807, 2.05) is 6.20 Å². The Morgan fingerprint density at radius 3 is 2.65 bits per heavy atom. The summed E-state index contributed by atoms with van der Waals surface area (Å²) in [7, 11) is 0. The molecule has 1 aromatic heterocycles. The summed E-state index contributed by atoms with van der Waals surface area (Å²) in [6.45, 7) is 0. The van der Waals surface area contributed by atoms with Gasteiger partial charge in [0.1, 0.15) is 0 Å². The predicted molar refractivity (Wildman–Crippen MR) is 85.4 cm³/mol. The first-order valence-electron chi connectivity index (χ1n) is 7.47. The van der Waals surface area contributed by atoms with E-state index in [4.69, 9.17) is 0 Å². The SMILES string of the molecule is Cl.c1cc(CC2CC3CCC(C2)N3)c2cccnc2c1. The van der Waals surface area contributed by atoms with E-state index in [-0.39, 0.29) is 12.4 Å². The maximum atomic E-state index is 4.46. The first-order chi connectivity index (χ1) is 9.38. The normalized spacial score (nSPS) is 28.3. The molecule has 3 heteroatoms. The van der Waals surface area contributed by atoms with E-state index in [9.17, 15) is 0 Å². The molecular formula is C17H21ClN2. The van der Waals surface area contributed by atoms with E-state index in [1.54, 1.807) is 0 Å². The smallest absolute Gasteiger partial charge is 0.0704 e. The number of rotatable bonds is 2. The van der Waals surface area contributed by atoms with E-state index >= 15 is 0 Å². The highest BCUT2D eigenvalue weighted by atomic mass is 35.5.